The second kappa shape index (κ2) is 13.7. The molecule has 1 aromatic rings. The Labute approximate surface area is 140 Å². The molecule has 8 heteroatoms. The summed E-state index contributed by atoms with van der Waals surface area (Å²) in [5.41, 5.74) is 1.39. The first kappa shape index (κ1) is 23.4. The third kappa shape index (κ3) is 17.2. The zero-order valence-electron chi connectivity index (χ0n) is 14.1. The van der Waals surface area contributed by atoms with E-state index in [-0.39, 0.29) is 19.2 Å². The third-order valence-corrected chi connectivity index (χ3v) is 1.99. The van der Waals surface area contributed by atoms with Crippen LogP contribution in [0.3, 0.4) is 0 Å². The number of aliphatic carboxylic acids is 2. The van der Waals surface area contributed by atoms with E-state index in [2.05, 4.69) is 4.74 Å². The van der Waals surface area contributed by atoms with E-state index in [1.807, 2.05) is 19.1 Å². The maximum absolute atomic E-state index is 11.5. The topological polar surface area (TPSA) is 127 Å². The van der Waals surface area contributed by atoms with Crippen LogP contribution < -0.4 is 0 Å². The molecule has 0 saturated heterocycles. The molecule has 0 unspecified atom stereocenters. The molecule has 24 heavy (non-hydrogen) atoms. The monoisotopic (exact) mass is 342 g/mol. The molecule has 0 aliphatic carbocycles. The van der Waals surface area contributed by atoms with E-state index in [9.17, 15) is 9.59 Å². The summed E-state index contributed by atoms with van der Waals surface area (Å²) >= 11 is 0. The van der Waals surface area contributed by atoms with E-state index < -0.39 is 17.9 Å². The molecular weight excluding hydrogens is 320 g/mol. The Hall–Kier alpha value is -2.90. The molecule has 2 N–H and O–H groups in total. The van der Waals surface area contributed by atoms with Crippen LogP contribution in [-0.2, 0) is 23.9 Å². The molecule has 0 heterocycles. The highest BCUT2D eigenvalue weighted by Crippen LogP contribution is 2.08. The van der Waals surface area contributed by atoms with Gasteiger partial charge in [-0.2, -0.15) is 0 Å². The van der Waals surface area contributed by atoms with E-state index in [0.29, 0.717) is 5.56 Å². The first-order valence-electron chi connectivity index (χ1n) is 6.83. The average Bonchev–Trinajstić information content (AvgIpc) is 2.42. The van der Waals surface area contributed by atoms with Crippen LogP contribution in [0.15, 0.2) is 24.3 Å². The van der Waals surface area contributed by atoms with Crippen LogP contribution in [0, 0.1) is 6.92 Å². The van der Waals surface area contributed by atoms with E-state index in [1.165, 1.54) is 6.92 Å². The summed E-state index contributed by atoms with van der Waals surface area (Å²) in [6.07, 6.45) is 0. The second-order valence-electron chi connectivity index (χ2n) is 4.33. The van der Waals surface area contributed by atoms with E-state index >= 15 is 0 Å². The number of carbonyl (C=O) groups excluding carboxylic acids is 2. The number of hydrogen-bond acceptors (Lipinski definition) is 6. The largest absolute Gasteiger partial charge is 0.481 e. The van der Waals surface area contributed by atoms with Gasteiger partial charge in [0.05, 0.1) is 5.56 Å². The zero-order valence-corrected chi connectivity index (χ0v) is 14.1. The van der Waals surface area contributed by atoms with Gasteiger partial charge in [0.15, 0.2) is 0 Å². The summed E-state index contributed by atoms with van der Waals surface area (Å²) in [6, 6.07) is 7.16. The van der Waals surface area contributed by atoms with Crippen molar-refractivity contribution in [1.29, 1.82) is 0 Å². The Morgan fingerprint density at radius 3 is 1.71 bits per heavy atom. The maximum atomic E-state index is 11.5. The fourth-order valence-corrected chi connectivity index (χ4v) is 1.20. The van der Waals surface area contributed by atoms with Gasteiger partial charge in [0.25, 0.3) is 11.9 Å². The summed E-state index contributed by atoms with van der Waals surface area (Å²) in [5, 5.41) is 14.8. The van der Waals surface area contributed by atoms with Crippen molar-refractivity contribution in [3.05, 3.63) is 35.4 Å². The summed E-state index contributed by atoms with van der Waals surface area (Å²) in [4.78, 5) is 40.0. The van der Waals surface area contributed by atoms with E-state index in [4.69, 9.17) is 24.5 Å². The van der Waals surface area contributed by atoms with Crippen molar-refractivity contribution in [2.75, 3.05) is 13.2 Å². The van der Waals surface area contributed by atoms with Crippen LogP contribution >= 0.6 is 0 Å². The lowest BCUT2D eigenvalue weighted by molar-refractivity contribution is -0.142. The van der Waals surface area contributed by atoms with Crippen LogP contribution in [-0.4, -0.2) is 47.3 Å². The molecule has 1 aromatic carbocycles. The Bertz CT molecular complexity index is 531. The Morgan fingerprint density at radius 2 is 1.29 bits per heavy atom. The number of aryl methyl sites for hydroxylation is 1. The Morgan fingerprint density at radius 1 is 0.875 bits per heavy atom. The summed E-state index contributed by atoms with van der Waals surface area (Å²) in [7, 11) is 0. The van der Waals surface area contributed by atoms with Crippen LogP contribution in [0.5, 0.6) is 0 Å². The highest BCUT2D eigenvalue weighted by molar-refractivity contribution is 5.90. The van der Waals surface area contributed by atoms with Gasteiger partial charge in [-0.25, -0.2) is 4.79 Å². The van der Waals surface area contributed by atoms with Crippen molar-refractivity contribution in [1.82, 2.24) is 0 Å². The number of hydrogen-bond donors (Lipinski definition) is 2. The minimum absolute atomic E-state index is 0.0761. The van der Waals surface area contributed by atoms with Gasteiger partial charge in [0.2, 0.25) is 0 Å². The van der Waals surface area contributed by atoms with E-state index in [1.54, 1.807) is 12.1 Å². The molecule has 0 radical (unpaired) electrons. The maximum Gasteiger partial charge on any atom is 0.338 e. The number of esters is 2. The number of ether oxygens (including phenoxy) is 2. The molecular formula is C16H22O8. The van der Waals surface area contributed by atoms with Crippen molar-refractivity contribution < 1.29 is 38.9 Å². The number of carboxylic acids is 2. The highest BCUT2D eigenvalue weighted by Gasteiger charge is 2.09. The Kier molecular flexibility index (Phi) is 13.4. The number of carbonyl (C=O) groups is 4. The molecule has 0 amide bonds. The first-order valence-corrected chi connectivity index (χ1v) is 6.83. The smallest absolute Gasteiger partial charge is 0.338 e. The molecule has 1 rings (SSSR count). The van der Waals surface area contributed by atoms with Crippen LogP contribution in [0.25, 0.3) is 0 Å². The standard InChI is InChI=1S/C12H14O4.2C2H4O2/c1-9-5-3-4-6-11(9)12(14)16-8-7-15-10(2)13;2*1-2(3)4/h3-6H,7-8H2,1-2H3;2*1H3,(H,3,4). The third-order valence-electron chi connectivity index (χ3n) is 1.99. The normalized spacial score (nSPS) is 8.50. The van der Waals surface area contributed by atoms with Crippen LogP contribution in [0.4, 0.5) is 0 Å². The second-order valence-corrected chi connectivity index (χ2v) is 4.33. The van der Waals surface area contributed by atoms with Crippen molar-refractivity contribution in [3.63, 3.8) is 0 Å². The average molecular weight is 342 g/mol. The molecule has 0 aliphatic heterocycles. The highest BCUT2D eigenvalue weighted by atomic mass is 16.6. The van der Waals surface area contributed by atoms with Crippen LogP contribution in [0.1, 0.15) is 36.7 Å². The predicted molar refractivity (Wildman–Crippen MR) is 84.7 cm³/mol. The fourth-order valence-electron chi connectivity index (χ4n) is 1.20. The molecule has 0 saturated carbocycles. The number of rotatable bonds is 4. The minimum atomic E-state index is -0.833. The SMILES string of the molecule is CC(=O)O.CC(=O)O.CC(=O)OCCOC(=O)c1ccccc1C. The fraction of sp³-hybridized carbons (Fsp3) is 0.375. The number of benzene rings is 1. The molecule has 0 atom stereocenters. The van der Waals surface area contributed by atoms with Gasteiger partial charge in [-0.15, -0.1) is 0 Å². The molecule has 0 bridgehead atoms. The van der Waals surface area contributed by atoms with Gasteiger partial charge < -0.3 is 19.7 Å². The lowest BCUT2D eigenvalue weighted by atomic mass is 10.1. The zero-order chi connectivity index (χ0) is 19.1. The van der Waals surface area contributed by atoms with Gasteiger partial charge in [-0.05, 0) is 18.6 Å². The van der Waals surface area contributed by atoms with Gasteiger partial charge in [-0.3, -0.25) is 14.4 Å². The van der Waals surface area contributed by atoms with Crippen molar-refractivity contribution in [3.8, 4) is 0 Å². The van der Waals surface area contributed by atoms with Crippen molar-refractivity contribution in [2.24, 2.45) is 0 Å². The number of carboxylic acid groups (broad SMARTS) is 2. The summed E-state index contributed by atoms with van der Waals surface area (Å²) in [6.45, 7) is 5.48. The quantitative estimate of drug-likeness (QED) is 0.627. The van der Waals surface area contributed by atoms with Crippen molar-refractivity contribution in [2.45, 2.75) is 27.7 Å². The van der Waals surface area contributed by atoms with Gasteiger partial charge in [0, 0.05) is 20.8 Å². The van der Waals surface area contributed by atoms with Gasteiger partial charge in [0.1, 0.15) is 13.2 Å². The molecule has 8 nitrogen and oxygen atoms in total. The first-order chi connectivity index (χ1) is 11.1. The lowest BCUT2D eigenvalue weighted by Crippen LogP contribution is -2.13. The molecule has 134 valence electrons. The molecule has 0 spiro atoms. The summed E-state index contributed by atoms with van der Waals surface area (Å²) < 4.78 is 9.59. The van der Waals surface area contributed by atoms with Gasteiger partial charge in [-0.1, -0.05) is 18.2 Å². The molecule has 0 aliphatic rings. The predicted octanol–water partition coefficient (Wildman–Crippen LogP) is 1.90. The van der Waals surface area contributed by atoms with Crippen LogP contribution in [0.2, 0.25) is 0 Å². The summed E-state index contributed by atoms with van der Waals surface area (Å²) in [5.74, 6) is -2.45. The minimum Gasteiger partial charge on any atom is -0.481 e. The van der Waals surface area contributed by atoms with E-state index in [0.717, 1.165) is 19.4 Å². The molecule has 0 fully saturated rings. The lowest BCUT2D eigenvalue weighted by Gasteiger charge is -2.06. The molecule has 0 aromatic heterocycles. The Balaban J connectivity index is 0. The van der Waals surface area contributed by atoms with Crippen molar-refractivity contribution >= 4 is 23.9 Å². The van der Waals surface area contributed by atoms with Gasteiger partial charge >= 0.3 is 11.9 Å².